The maximum atomic E-state index is 5.36. The molecule has 11 heavy (non-hydrogen) atoms. The first kappa shape index (κ1) is 9.98. The van der Waals surface area contributed by atoms with Gasteiger partial charge in [-0.25, -0.2) is 0 Å². The third-order valence-electron chi connectivity index (χ3n) is 1.15. The smallest absolute Gasteiger partial charge is 0.0313 e. The molecule has 0 fully saturated rings. The minimum atomic E-state index is 0. The lowest BCUT2D eigenvalue weighted by atomic mass is 10.3. The van der Waals surface area contributed by atoms with E-state index in [0.29, 0.717) is 0 Å². The standard InChI is InChI=1S/C6H7N.C3H9N.2H2/c7-6-4-2-1-3-5-6;1-3-4-2;;/h1-5H,7H2;4H,3H2,1-2H3;2*1H. The molecule has 1 aromatic carbocycles. The Morgan fingerprint density at radius 1 is 1.36 bits per heavy atom. The number of benzene rings is 1. The fourth-order valence-electron chi connectivity index (χ4n) is 0.453. The number of hydrogen-bond donors (Lipinski definition) is 2. The summed E-state index contributed by atoms with van der Waals surface area (Å²) in [6, 6.07) is 9.49. The molecule has 0 bridgehead atoms. The monoisotopic (exact) mass is 156 g/mol. The van der Waals surface area contributed by atoms with Crippen molar-refractivity contribution >= 4 is 5.69 Å². The zero-order valence-electron chi connectivity index (χ0n) is 7.17. The molecular weight excluding hydrogens is 136 g/mol. The van der Waals surface area contributed by atoms with Crippen molar-refractivity contribution in [1.29, 1.82) is 0 Å². The average molecular weight is 156 g/mol. The Labute approximate surface area is 71.4 Å². The Hall–Kier alpha value is -1.02. The van der Waals surface area contributed by atoms with Crippen LogP contribution in [0.2, 0.25) is 0 Å². The molecule has 3 N–H and O–H groups in total. The summed E-state index contributed by atoms with van der Waals surface area (Å²) in [7, 11) is 1.93. The number of hydrogen-bond acceptors (Lipinski definition) is 2. The largest absolute Gasteiger partial charge is 0.399 e. The van der Waals surface area contributed by atoms with Crippen LogP contribution in [-0.4, -0.2) is 13.6 Å². The molecule has 2 nitrogen and oxygen atoms in total. The highest BCUT2D eigenvalue weighted by Gasteiger charge is 1.72. The Morgan fingerprint density at radius 2 is 1.82 bits per heavy atom. The first-order valence-electron chi connectivity index (χ1n) is 3.76. The highest BCUT2D eigenvalue weighted by molar-refractivity contribution is 5.35. The molecule has 0 aliphatic rings. The summed E-state index contributed by atoms with van der Waals surface area (Å²) < 4.78 is 0. The lowest BCUT2D eigenvalue weighted by Gasteiger charge is -1.83. The van der Waals surface area contributed by atoms with Gasteiger partial charge in [0.25, 0.3) is 0 Å². The molecule has 0 atom stereocenters. The molecule has 0 amide bonds. The highest BCUT2D eigenvalue weighted by Crippen LogP contribution is 1.95. The van der Waals surface area contributed by atoms with Crippen LogP contribution in [0.1, 0.15) is 9.78 Å². The molecule has 1 aromatic rings. The van der Waals surface area contributed by atoms with Gasteiger partial charge in [0.2, 0.25) is 0 Å². The third-order valence-corrected chi connectivity index (χ3v) is 1.15. The van der Waals surface area contributed by atoms with Crippen LogP contribution < -0.4 is 11.1 Å². The van der Waals surface area contributed by atoms with Crippen molar-refractivity contribution in [2.24, 2.45) is 0 Å². The van der Waals surface area contributed by atoms with Crippen molar-refractivity contribution in [3.05, 3.63) is 30.3 Å². The van der Waals surface area contributed by atoms with Crippen LogP contribution in [0, 0.1) is 0 Å². The summed E-state index contributed by atoms with van der Waals surface area (Å²) >= 11 is 0. The van der Waals surface area contributed by atoms with Gasteiger partial charge in [0.05, 0.1) is 0 Å². The Kier molecular flexibility index (Phi) is 6.43. The van der Waals surface area contributed by atoms with Crippen molar-refractivity contribution in [3.8, 4) is 0 Å². The van der Waals surface area contributed by atoms with Crippen LogP contribution in [0.25, 0.3) is 0 Å². The van der Waals surface area contributed by atoms with Crippen LogP contribution in [-0.2, 0) is 0 Å². The molecule has 0 heterocycles. The predicted octanol–water partition coefficient (Wildman–Crippen LogP) is 1.99. The van der Waals surface area contributed by atoms with Gasteiger partial charge in [-0.3, -0.25) is 0 Å². The van der Waals surface area contributed by atoms with Crippen LogP contribution in [0.4, 0.5) is 5.69 Å². The molecule has 0 spiro atoms. The number of nitrogen functional groups attached to an aromatic ring is 1. The van der Waals surface area contributed by atoms with Crippen LogP contribution in [0.3, 0.4) is 0 Å². The summed E-state index contributed by atoms with van der Waals surface area (Å²) in [6.45, 7) is 3.14. The molecular formula is C9H20N2. The molecule has 1 rings (SSSR count). The molecule has 0 aliphatic heterocycles. The van der Waals surface area contributed by atoms with E-state index >= 15 is 0 Å². The van der Waals surface area contributed by atoms with Crippen molar-refractivity contribution in [2.45, 2.75) is 6.92 Å². The summed E-state index contributed by atoms with van der Waals surface area (Å²) in [5, 5.41) is 2.93. The summed E-state index contributed by atoms with van der Waals surface area (Å²) in [5.41, 5.74) is 6.18. The second-order valence-electron chi connectivity index (χ2n) is 2.12. The summed E-state index contributed by atoms with van der Waals surface area (Å²) in [4.78, 5) is 0. The summed E-state index contributed by atoms with van der Waals surface area (Å²) in [6.07, 6.45) is 0. The Morgan fingerprint density at radius 3 is 2.00 bits per heavy atom. The molecule has 0 unspecified atom stereocenters. The second-order valence-corrected chi connectivity index (χ2v) is 2.12. The molecule has 0 aliphatic carbocycles. The van der Waals surface area contributed by atoms with Gasteiger partial charge in [-0.15, -0.1) is 0 Å². The maximum absolute atomic E-state index is 5.36. The van der Waals surface area contributed by atoms with E-state index in [1.807, 2.05) is 37.4 Å². The highest BCUT2D eigenvalue weighted by atomic mass is 14.8. The van der Waals surface area contributed by atoms with Crippen LogP contribution >= 0.6 is 0 Å². The third kappa shape index (κ3) is 6.87. The van der Waals surface area contributed by atoms with E-state index in [1.54, 1.807) is 0 Å². The van der Waals surface area contributed by atoms with E-state index in [0.717, 1.165) is 12.2 Å². The van der Waals surface area contributed by atoms with Gasteiger partial charge < -0.3 is 11.1 Å². The van der Waals surface area contributed by atoms with E-state index in [9.17, 15) is 0 Å². The molecule has 0 saturated heterocycles. The quantitative estimate of drug-likeness (QED) is 0.610. The van der Waals surface area contributed by atoms with Gasteiger partial charge in [0.15, 0.2) is 0 Å². The first-order valence-corrected chi connectivity index (χ1v) is 3.76. The van der Waals surface area contributed by atoms with E-state index in [2.05, 4.69) is 12.2 Å². The van der Waals surface area contributed by atoms with Gasteiger partial charge >= 0.3 is 0 Å². The first-order chi connectivity index (χ1) is 5.31. The maximum Gasteiger partial charge on any atom is 0.0313 e. The van der Waals surface area contributed by atoms with Crippen LogP contribution in [0.5, 0.6) is 0 Å². The minimum Gasteiger partial charge on any atom is -0.399 e. The number of anilines is 1. The molecule has 0 aromatic heterocycles. The van der Waals surface area contributed by atoms with Gasteiger partial charge in [-0.05, 0) is 25.7 Å². The number of nitrogens with one attached hydrogen (secondary N) is 1. The van der Waals surface area contributed by atoms with E-state index in [4.69, 9.17) is 5.73 Å². The minimum absolute atomic E-state index is 0. The molecule has 2 heteroatoms. The van der Waals surface area contributed by atoms with Gasteiger partial charge in [0, 0.05) is 8.54 Å². The number of rotatable bonds is 1. The average Bonchev–Trinajstić information content (AvgIpc) is 2.07. The van der Waals surface area contributed by atoms with Crippen molar-refractivity contribution < 1.29 is 2.85 Å². The Bertz CT molecular complexity index is 167. The van der Waals surface area contributed by atoms with Crippen LogP contribution in [0.15, 0.2) is 30.3 Å². The summed E-state index contributed by atoms with van der Waals surface area (Å²) in [5.74, 6) is 0. The van der Waals surface area contributed by atoms with E-state index < -0.39 is 0 Å². The topological polar surface area (TPSA) is 38.0 Å². The van der Waals surface area contributed by atoms with Gasteiger partial charge in [-0.1, -0.05) is 25.1 Å². The van der Waals surface area contributed by atoms with Crippen molar-refractivity contribution in [1.82, 2.24) is 5.32 Å². The lowest BCUT2D eigenvalue weighted by Crippen LogP contribution is -2.01. The van der Waals surface area contributed by atoms with Gasteiger partial charge in [-0.2, -0.15) is 0 Å². The zero-order chi connectivity index (χ0) is 8.53. The zero-order valence-corrected chi connectivity index (χ0v) is 7.17. The molecule has 0 radical (unpaired) electrons. The predicted molar refractivity (Wildman–Crippen MR) is 54.7 cm³/mol. The second kappa shape index (κ2) is 7.09. The fraction of sp³-hybridized carbons (Fsp3) is 0.333. The van der Waals surface area contributed by atoms with E-state index in [-0.39, 0.29) is 2.85 Å². The van der Waals surface area contributed by atoms with Crippen molar-refractivity contribution in [2.75, 3.05) is 19.3 Å². The molecule has 0 saturated carbocycles. The van der Waals surface area contributed by atoms with E-state index in [1.165, 1.54) is 0 Å². The normalized spacial score (nSPS) is 8.18. The molecule has 66 valence electrons. The lowest BCUT2D eigenvalue weighted by molar-refractivity contribution is 0.864. The SMILES string of the molecule is CCNC.Nc1ccccc1.[HH].[HH]. The fourth-order valence-corrected chi connectivity index (χ4v) is 0.453. The van der Waals surface area contributed by atoms with Crippen molar-refractivity contribution in [3.63, 3.8) is 0 Å². The Balaban J connectivity index is -0.000000150. The number of para-hydroxylation sites is 1. The van der Waals surface area contributed by atoms with Gasteiger partial charge in [0.1, 0.15) is 0 Å². The number of nitrogens with two attached hydrogens (primary N) is 1.